The van der Waals surface area contributed by atoms with Crippen molar-refractivity contribution in [2.45, 2.75) is 0 Å². The van der Waals surface area contributed by atoms with E-state index in [1.165, 1.54) is 37.9 Å². The lowest BCUT2D eigenvalue weighted by molar-refractivity contribution is 1.42. The van der Waals surface area contributed by atoms with E-state index >= 15 is 0 Å². The van der Waals surface area contributed by atoms with Crippen molar-refractivity contribution >= 4 is 43.7 Å². The van der Waals surface area contributed by atoms with Crippen molar-refractivity contribution in [2.75, 3.05) is 0 Å². The Morgan fingerprint density at radius 3 is 2.19 bits per heavy atom. The molecule has 0 unspecified atom stereocenters. The van der Waals surface area contributed by atoms with E-state index in [9.17, 15) is 0 Å². The van der Waals surface area contributed by atoms with Crippen LogP contribution in [0, 0.1) is 0 Å². The first kappa shape index (κ1) is 11.2. The molecule has 98 valence electrons. The van der Waals surface area contributed by atoms with E-state index in [1.54, 1.807) is 11.3 Å². The molecule has 0 fully saturated rings. The standard InChI is InChI=1S/C19H11NS/c1-2-12-4-5-14-7-9-16(19-20-10-11-21-19)15-8-6-13(3-1)17(12)18(14)15/h1-11H. The lowest BCUT2D eigenvalue weighted by atomic mass is 9.92. The summed E-state index contributed by atoms with van der Waals surface area (Å²) in [6.45, 7) is 0. The molecule has 1 aromatic heterocycles. The smallest absolute Gasteiger partial charge is 0.123 e. The third-order valence-corrected chi connectivity index (χ3v) is 5.00. The molecule has 5 rings (SSSR count). The third kappa shape index (κ3) is 1.48. The highest BCUT2D eigenvalue weighted by Gasteiger charge is 2.12. The number of benzene rings is 4. The highest BCUT2D eigenvalue weighted by Crippen LogP contribution is 2.39. The second kappa shape index (κ2) is 4.03. The molecule has 5 aromatic rings. The summed E-state index contributed by atoms with van der Waals surface area (Å²) in [6.07, 6.45) is 1.87. The van der Waals surface area contributed by atoms with Crippen LogP contribution in [0.25, 0.3) is 42.9 Å². The monoisotopic (exact) mass is 285 g/mol. The topological polar surface area (TPSA) is 12.9 Å². The van der Waals surface area contributed by atoms with Crippen molar-refractivity contribution in [3.8, 4) is 10.6 Å². The molecule has 0 saturated heterocycles. The van der Waals surface area contributed by atoms with Crippen LogP contribution >= 0.6 is 11.3 Å². The zero-order valence-electron chi connectivity index (χ0n) is 11.2. The fourth-order valence-corrected chi connectivity index (χ4v) is 3.96. The van der Waals surface area contributed by atoms with Gasteiger partial charge in [-0.2, -0.15) is 0 Å². The van der Waals surface area contributed by atoms with Crippen LogP contribution in [0.2, 0.25) is 0 Å². The Morgan fingerprint density at radius 1 is 0.714 bits per heavy atom. The summed E-state index contributed by atoms with van der Waals surface area (Å²) < 4.78 is 0. The highest BCUT2D eigenvalue weighted by molar-refractivity contribution is 7.13. The molecular weight excluding hydrogens is 274 g/mol. The molecule has 1 heterocycles. The summed E-state index contributed by atoms with van der Waals surface area (Å²) in [5.41, 5.74) is 1.23. The van der Waals surface area contributed by atoms with E-state index in [0.717, 1.165) is 5.01 Å². The SMILES string of the molecule is c1cc2ccc3ccc(-c4nccs4)c4ccc(c1)c2c34. The van der Waals surface area contributed by atoms with Gasteiger partial charge in [0.05, 0.1) is 0 Å². The molecule has 0 aliphatic heterocycles. The number of rotatable bonds is 1. The highest BCUT2D eigenvalue weighted by atomic mass is 32.1. The van der Waals surface area contributed by atoms with Gasteiger partial charge in [0.2, 0.25) is 0 Å². The van der Waals surface area contributed by atoms with Gasteiger partial charge in [0, 0.05) is 17.1 Å². The van der Waals surface area contributed by atoms with E-state index in [-0.39, 0.29) is 0 Å². The van der Waals surface area contributed by atoms with Crippen LogP contribution in [0.15, 0.2) is 66.2 Å². The molecule has 4 aromatic carbocycles. The largest absolute Gasteiger partial charge is 0.245 e. The van der Waals surface area contributed by atoms with Crippen LogP contribution in [0.4, 0.5) is 0 Å². The van der Waals surface area contributed by atoms with Crippen LogP contribution in [0.3, 0.4) is 0 Å². The van der Waals surface area contributed by atoms with Gasteiger partial charge in [-0.15, -0.1) is 11.3 Å². The Kier molecular flexibility index (Phi) is 2.15. The van der Waals surface area contributed by atoms with Crippen molar-refractivity contribution in [1.29, 1.82) is 0 Å². The Bertz CT molecular complexity index is 1060. The molecule has 0 saturated carbocycles. The maximum atomic E-state index is 4.49. The first-order valence-electron chi connectivity index (χ1n) is 6.98. The summed E-state index contributed by atoms with van der Waals surface area (Å²) in [5, 5.41) is 11.1. The Labute approximate surface area is 125 Å². The number of thiazole rings is 1. The van der Waals surface area contributed by atoms with Gasteiger partial charge < -0.3 is 0 Å². The van der Waals surface area contributed by atoms with Gasteiger partial charge in [0.1, 0.15) is 5.01 Å². The zero-order valence-corrected chi connectivity index (χ0v) is 12.0. The van der Waals surface area contributed by atoms with Crippen molar-refractivity contribution in [1.82, 2.24) is 4.98 Å². The molecule has 0 spiro atoms. The molecule has 2 heteroatoms. The second-order valence-corrected chi connectivity index (χ2v) is 6.20. The van der Waals surface area contributed by atoms with E-state index in [4.69, 9.17) is 0 Å². The van der Waals surface area contributed by atoms with Crippen molar-refractivity contribution in [3.63, 3.8) is 0 Å². The fourth-order valence-electron chi connectivity index (χ4n) is 3.28. The number of nitrogens with zero attached hydrogens (tertiary/aromatic N) is 1. The summed E-state index contributed by atoms with van der Waals surface area (Å²) in [4.78, 5) is 4.49. The minimum absolute atomic E-state index is 1.09. The predicted octanol–water partition coefficient (Wildman–Crippen LogP) is 5.71. The molecule has 0 N–H and O–H groups in total. The van der Waals surface area contributed by atoms with E-state index in [1.807, 2.05) is 11.6 Å². The molecule has 0 aliphatic carbocycles. The van der Waals surface area contributed by atoms with Crippen LogP contribution in [0.5, 0.6) is 0 Å². The van der Waals surface area contributed by atoms with Crippen LogP contribution < -0.4 is 0 Å². The summed E-state index contributed by atoms with van der Waals surface area (Å²) in [7, 11) is 0. The summed E-state index contributed by atoms with van der Waals surface area (Å²) in [5.74, 6) is 0. The van der Waals surface area contributed by atoms with Crippen molar-refractivity contribution in [3.05, 3.63) is 66.2 Å². The van der Waals surface area contributed by atoms with Crippen molar-refractivity contribution < 1.29 is 0 Å². The Morgan fingerprint density at radius 2 is 1.43 bits per heavy atom. The second-order valence-electron chi connectivity index (χ2n) is 5.31. The molecule has 0 atom stereocenters. The Hall–Kier alpha value is -2.45. The molecule has 1 nitrogen and oxygen atoms in total. The maximum Gasteiger partial charge on any atom is 0.123 e. The van der Waals surface area contributed by atoms with Crippen molar-refractivity contribution in [2.24, 2.45) is 0 Å². The van der Waals surface area contributed by atoms with Crippen LogP contribution in [0.1, 0.15) is 0 Å². The van der Waals surface area contributed by atoms with Gasteiger partial charge in [-0.3, -0.25) is 0 Å². The number of hydrogen-bond acceptors (Lipinski definition) is 2. The zero-order chi connectivity index (χ0) is 13.8. The third-order valence-electron chi connectivity index (χ3n) is 4.19. The molecule has 0 amide bonds. The summed E-state index contributed by atoms with van der Waals surface area (Å²) >= 11 is 1.70. The minimum atomic E-state index is 1.09. The molecule has 0 bridgehead atoms. The van der Waals surface area contributed by atoms with Gasteiger partial charge in [-0.25, -0.2) is 4.98 Å². The van der Waals surface area contributed by atoms with E-state index < -0.39 is 0 Å². The average molecular weight is 285 g/mol. The number of aromatic nitrogens is 1. The molecule has 0 aliphatic rings. The lowest BCUT2D eigenvalue weighted by Gasteiger charge is -2.12. The lowest BCUT2D eigenvalue weighted by Crippen LogP contribution is -1.86. The molecule has 21 heavy (non-hydrogen) atoms. The predicted molar refractivity (Wildman–Crippen MR) is 91.3 cm³/mol. The van der Waals surface area contributed by atoms with E-state index in [2.05, 4.69) is 59.6 Å². The van der Waals surface area contributed by atoms with Gasteiger partial charge in [-0.1, -0.05) is 54.6 Å². The molecular formula is C19H11NS. The average Bonchev–Trinajstić information content (AvgIpc) is 3.07. The normalized spacial score (nSPS) is 11.8. The maximum absolute atomic E-state index is 4.49. The van der Waals surface area contributed by atoms with Gasteiger partial charge in [-0.05, 0) is 32.3 Å². The van der Waals surface area contributed by atoms with Gasteiger partial charge >= 0.3 is 0 Å². The van der Waals surface area contributed by atoms with E-state index in [0.29, 0.717) is 0 Å². The first-order chi connectivity index (χ1) is 10.4. The molecule has 0 radical (unpaired) electrons. The van der Waals surface area contributed by atoms with Gasteiger partial charge in [0.25, 0.3) is 0 Å². The van der Waals surface area contributed by atoms with Crippen LogP contribution in [-0.4, -0.2) is 4.98 Å². The fraction of sp³-hybridized carbons (Fsp3) is 0. The van der Waals surface area contributed by atoms with Gasteiger partial charge in [0.15, 0.2) is 0 Å². The quantitative estimate of drug-likeness (QED) is 0.360. The Balaban J connectivity index is 2.07. The van der Waals surface area contributed by atoms with Crippen LogP contribution in [-0.2, 0) is 0 Å². The first-order valence-corrected chi connectivity index (χ1v) is 7.86. The number of hydrogen-bond donors (Lipinski definition) is 0. The minimum Gasteiger partial charge on any atom is -0.245 e. The summed E-state index contributed by atoms with van der Waals surface area (Å²) in [6, 6.07) is 19.8.